The van der Waals surface area contributed by atoms with Gasteiger partial charge in [0, 0.05) is 24.5 Å². The Hall–Kier alpha value is -3.26. The predicted molar refractivity (Wildman–Crippen MR) is 94.5 cm³/mol. The fourth-order valence-electron chi connectivity index (χ4n) is 2.46. The van der Waals surface area contributed by atoms with Crippen LogP contribution < -0.4 is 10.9 Å². The van der Waals surface area contributed by atoms with Gasteiger partial charge in [-0.25, -0.2) is 9.50 Å². The Balaban J connectivity index is 1.58. The van der Waals surface area contributed by atoms with E-state index in [-0.39, 0.29) is 18.0 Å². The zero-order valence-corrected chi connectivity index (χ0v) is 13.8. The number of amides is 1. The molecule has 2 N–H and O–H groups in total. The van der Waals surface area contributed by atoms with Crippen LogP contribution in [0.15, 0.2) is 59.0 Å². The van der Waals surface area contributed by atoms with Crippen molar-refractivity contribution in [3.63, 3.8) is 0 Å². The predicted octanol–water partition coefficient (Wildman–Crippen LogP) is 2.08. The summed E-state index contributed by atoms with van der Waals surface area (Å²) in [5, 5.41) is 7.75. The van der Waals surface area contributed by atoms with E-state index in [4.69, 9.17) is 0 Å². The van der Waals surface area contributed by atoms with Crippen molar-refractivity contribution < 1.29 is 4.79 Å². The lowest BCUT2D eigenvalue weighted by Crippen LogP contribution is -2.25. The van der Waals surface area contributed by atoms with E-state index in [9.17, 15) is 9.59 Å². The Labute approximate surface area is 146 Å². The first-order valence-corrected chi connectivity index (χ1v) is 8.42. The number of carbonyl (C=O) groups is 1. The van der Waals surface area contributed by atoms with Crippen molar-refractivity contribution >= 4 is 22.9 Å². The number of nitrogens with zero attached hydrogens (tertiary/aromatic N) is 3. The van der Waals surface area contributed by atoms with Gasteiger partial charge >= 0.3 is 0 Å². The zero-order valence-electron chi connectivity index (χ0n) is 13.0. The molecule has 0 unspecified atom stereocenters. The van der Waals surface area contributed by atoms with Gasteiger partial charge in [-0.2, -0.15) is 0 Å². The summed E-state index contributed by atoms with van der Waals surface area (Å²) in [5.74, 6) is -0.261. The summed E-state index contributed by atoms with van der Waals surface area (Å²) in [5.41, 5.74) is 2.08. The maximum atomic E-state index is 12.3. The second-order valence-electron chi connectivity index (χ2n) is 5.35. The van der Waals surface area contributed by atoms with Crippen molar-refractivity contribution in [3.05, 3.63) is 75.8 Å². The standard InChI is InChI=1S/C17H13N5O2S/c23-16-7-12(10-19-17(24)11-3-1-5-18-9-11)20-15-8-13(21-22(15)16)14-4-2-6-25-14/h1-9,21H,10H2,(H,19,24). The summed E-state index contributed by atoms with van der Waals surface area (Å²) >= 11 is 1.58. The number of aromatic amines is 1. The number of pyridine rings is 1. The van der Waals surface area contributed by atoms with E-state index in [2.05, 4.69) is 20.4 Å². The van der Waals surface area contributed by atoms with Gasteiger partial charge in [0.15, 0.2) is 5.65 Å². The van der Waals surface area contributed by atoms with Crippen LogP contribution in [0, 0.1) is 0 Å². The molecule has 0 radical (unpaired) electrons. The van der Waals surface area contributed by atoms with E-state index < -0.39 is 0 Å². The van der Waals surface area contributed by atoms with Crippen LogP contribution in [-0.4, -0.2) is 25.5 Å². The average molecular weight is 351 g/mol. The highest BCUT2D eigenvalue weighted by Gasteiger charge is 2.10. The monoisotopic (exact) mass is 351 g/mol. The van der Waals surface area contributed by atoms with Crippen LogP contribution in [0.25, 0.3) is 16.2 Å². The molecule has 0 aliphatic rings. The highest BCUT2D eigenvalue weighted by Crippen LogP contribution is 2.23. The SMILES string of the molecule is O=C(NCc1cc(=O)n2[nH]c(-c3cccs3)cc2n1)c1cccnc1. The second-order valence-corrected chi connectivity index (χ2v) is 6.30. The first kappa shape index (κ1) is 15.3. The number of nitrogens with one attached hydrogen (secondary N) is 2. The quantitative estimate of drug-likeness (QED) is 0.589. The van der Waals surface area contributed by atoms with Crippen LogP contribution in [0.2, 0.25) is 0 Å². The highest BCUT2D eigenvalue weighted by molar-refractivity contribution is 7.13. The molecule has 0 saturated carbocycles. The minimum atomic E-state index is -0.261. The summed E-state index contributed by atoms with van der Waals surface area (Å²) in [6, 6.07) is 10.5. The van der Waals surface area contributed by atoms with E-state index in [0.29, 0.717) is 16.9 Å². The van der Waals surface area contributed by atoms with Crippen LogP contribution in [0.1, 0.15) is 16.1 Å². The Kier molecular flexibility index (Phi) is 3.87. The number of fused-ring (bicyclic) bond motifs is 1. The van der Waals surface area contributed by atoms with Crippen molar-refractivity contribution in [1.82, 2.24) is 24.9 Å². The van der Waals surface area contributed by atoms with E-state index in [1.807, 2.05) is 23.6 Å². The van der Waals surface area contributed by atoms with Crippen LogP contribution in [-0.2, 0) is 6.54 Å². The third kappa shape index (κ3) is 3.07. The molecular formula is C17H13N5O2S. The molecule has 0 atom stereocenters. The molecule has 4 heterocycles. The Morgan fingerprint density at radius 3 is 2.96 bits per heavy atom. The molecule has 0 spiro atoms. The Morgan fingerprint density at radius 2 is 2.20 bits per heavy atom. The van der Waals surface area contributed by atoms with E-state index in [1.54, 1.807) is 29.7 Å². The second kappa shape index (κ2) is 6.33. The van der Waals surface area contributed by atoms with Gasteiger partial charge in [0.25, 0.3) is 11.5 Å². The Morgan fingerprint density at radius 1 is 1.28 bits per heavy atom. The van der Waals surface area contributed by atoms with Crippen LogP contribution in [0.5, 0.6) is 0 Å². The molecule has 1 amide bonds. The highest BCUT2D eigenvalue weighted by atomic mass is 32.1. The normalized spacial score (nSPS) is 10.9. The lowest BCUT2D eigenvalue weighted by molar-refractivity contribution is 0.0950. The number of hydrogen-bond donors (Lipinski definition) is 2. The minimum Gasteiger partial charge on any atom is -0.346 e. The number of aromatic nitrogens is 4. The fourth-order valence-corrected chi connectivity index (χ4v) is 3.15. The van der Waals surface area contributed by atoms with Crippen molar-refractivity contribution in [2.24, 2.45) is 0 Å². The molecule has 124 valence electrons. The van der Waals surface area contributed by atoms with E-state index in [0.717, 1.165) is 10.6 Å². The van der Waals surface area contributed by atoms with Gasteiger partial charge in [0.1, 0.15) is 0 Å². The van der Waals surface area contributed by atoms with E-state index in [1.165, 1.54) is 16.8 Å². The molecule has 0 bridgehead atoms. The smallest absolute Gasteiger partial charge is 0.272 e. The zero-order chi connectivity index (χ0) is 17.2. The lowest BCUT2D eigenvalue weighted by Gasteiger charge is -2.04. The summed E-state index contributed by atoms with van der Waals surface area (Å²) in [4.78, 5) is 33.7. The molecule has 0 aliphatic heterocycles. The molecule has 8 heteroatoms. The summed E-state index contributed by atoms with van der Waals surface area (Å²) in [6.45, 7) is 0.166. The van der Waals surface area contributed by atoms with Gasteiger partial charge in [0.05, 0.1) is 28.4 Å². The molecule has 0 fully saturated rings. The van der Waals surface area contributed by atoms with Gasteiger partial charge < -0.3 is 5.32 Å². The van der Waals surface area contributed by atoms with Gasteiger partial charge in [-0.3, -0.25) is 19.7 Å². The summed E-state index contributed by atoms with van der Waals surface area (Å²) in [6.07, 6.45) is 3.09. The van der Waals surface area contributed by atoms with Crippen LogP contribution in [0.4, 0.5) is 0 Å². The molecular weight excluding hydrogens is 338 g/mol. The number of thiophene rings is 1. The third-order valence-corrected chi connectivity index (χ3v) is 4.55. The maximum Gasteiger partial charge on any atom is 0.272 e. The fraction of sp³-hybridized carbons (Fsp3) is 0.0588. The largest absolute Gasteiger partial charge is 0.346 e. The van der Waals surface area contributed by atoms with Gasteiger partial charge in [-0.1, -0.05) is 6.07 Å². The van der Waals surface area contributed by atoms with Crippen molar-refractivity contribution in [2.45, 2.75) is 6.54 Å². The number of rotatable bonds is 4. The lowest BCUT2D eigenvalue weighted by atomic mass is 10.2. The Bertz CT molecular complexity index is 1080. The first-order valence-electron chi connectivity index (χ1n) is 7.54. The van der Waals surface area contributed by atoms with E-state index >= 15 is 0 Å². The molecule has 0 aliphatic carbocycles. The summed E-state index contributed by atoms with van der Waals surface area (Å²) < 4.78 is 1.39. The van der Waals surface area contributed by atoms with Gasteiger partial charge in [-0.05, 0) is 23.6 Å². The van der Waals surface area contributed by atoms with Crippen molar-refractivity contribution in [2.75, 3.05) is 0 Å². The topological polar surface area (TPSA) is 92.2 Å². The van der Waals surface area contributed by atoms with Gasteiger partial charge in [0.2, 0.25) is 0 Å². The van der Waals surface area contributed by atoms with Crippen LogP contribution in [0.3, 0.4) is 0 Å². The summed E-state index contributed by atoms with van der Waals surface area (Å²) in [7, 11) is 0. The number of H-pyrrole nitrogens is 1. The first-order chi connectivity index (χ1) is 12.2. The van der Waals surface area contributed by atoms with Gasteiger partial charge in [-0.15, -0.1) is 11.3 Å². The molecule has 4 aromatic heterocycles. The molecule has 0 saturated heterocycles. The maximum absolute atomic E-state index is 12.3. The molecule has 7 nitrogen and oxygen atoms in total. The molecule has 25 heavy (non-hydrogen) atoms. The van der Waals surface area contributed by atoms with Crippen molar-refractivity contribution in [3.8, 4) is 10.6 Å². The van der Waals surface area contributed by atoms with Crippen molar-refractivity contribution in [1.29, 1.82) is 0 Å². The number of hydrogen-bond acceptors (Lipinski definition) is 5. The third-order valence-electron chi connectivity index (χ3n) is 3.64. The average Bonchev–Trinajstić information content (AvgIpc) is 3.30. The van der Waals surface area contributed by atoms with Crippen LogP contribution >= 0.6 is 11.3 Å². The molecule has 4 aromatic rings. The molecule has 0 aromatic carbocycles. The molecule has 4 rings (SSSR count). The minimum absolute atomic E-state index is 0.166. The number of carbonyl (C=O) groups excluding carboxylic acids is 1.